The van der Waals surface area contributed by atoms with E-state index in [0.717, 1.165) is 25.2 Å². The van der Waals surface area contributed by atoms with Gasteiger partial charge < -0.3 is 10.1 Å². The van der Waals surface area contributed by atoms with Crippen LogP contribution < -0.4 is 5.32 Å². The molecule has 1 aliphatic heterocycles. The molecule has 1 heterocycles. The molecule has 5 heteroatoms. The second-order valence-electron chi connectivity index (χ2n) is 7.64. The molecule has 2 aromatic carbocycles. The first-order chi connectivity index (χ1) is 13.5. The average molecular weight is 384 g/mol. The summed E-state index contributed by atoms with van der Waals surface area (Å²) in [4.78, 5) is 14.5. The zero-order chi connectivity index (χ0) is 19.9. The summed E-state index contributed by atoms with van der Waals surface area (Å²) in [6.45, 7) is 7.52. The highest BCUT2D eigenvalue weighted by Gasteiger charge is 2.21. The molecule has 0 bridgehead atoms. The first-order valence-corrected chi connectivity index (χ1v) is 9.95. The van der Waals surface area contributed by atoms with E-state index in [-0.39, 0.29) is 30.4 Å². The largest absolute Gasteiger partial charge is 0.373 e. The van der Waals surface area contributed by atoms with Crippen LogP contribution >= 0.6 is 0 Å². The minimum Gasteiger partial charge on any atom is -0.373 e. The van der Waals surface area contributed by atoms with Crippen LogP contribution in [0.4, 0.5) is 4.39 Å². The lowest BCUT2D eigenvalue weighted by Crippen LogP contribution is -2.44. The lowest BCUT2D eigenvalue weighted by atomic mass is 10.1. The van der Waals surface area contributed by atoms with Gasteiger partial charge in [-0.3, -0.25) is 9.69 Å². The van der Waals surface area contributed by atoms with Crippen molar-refractivity contribution in [1.29, 1.82) is 0 Å². The smallest absolute Gasteiger partial charge is 0.220 e. The van der Waals surface area contributed by atoms with Gasteiger partial charge in [-0.05, 0) is 43.0 Å². The van der Waals surface area contributed by atoms with Gasteiger partial charge in [0.1, 0.15) is 5.82 Å². The standard InChI is InChI=1S/C23H29FN2O2/c1-17-14-26(15-18(2)28-17)16-20-9-7-19(8-10-20)13-25-23(27)12-11-21-5-3-4-6-22(21)24/h3-10,17-18H,11-16H2,1-2H3,(H,25,27)/t17-,18-/m0/s1. The monoisotopic (exact) mass is 384 g/mol. The minimum atomic E-state index is -0.255. The van der Waals surface area contributed by atoms with E-state index < -0.39 is 0 Å². The molecule has 150 valence electrons. The van der Waals surface area contributed by atoms with Crippen molar-refractivity contribution in [2.75, 3.05) is 13.1 Å². The third-order valence-corrected chi connectivity index (χ3v) is 4.99. The second kappa shape index (κ2) is 9.80. The molecular weight excluding hydrogens is 355 g/mol. The second-order valence-corrected chi connectivity index (χ2v) is 7.64. The lowest BCUT2D eigenvalue weighted by molar-refractivity contribution is -0.121. The van der Waals surface area contributed by atoms with Crippen LogP contribution in [0.1, 0.15) is 37.0 Å². The Hall–Kier alpha value is -2.24. The summed E-state index contributed by atoms with van der Waals surface area (Å²) in [5, 5.41) is 2.91. The Morgan fingerprint density at radius 2 is 1.71 bits per heavy atom. The summed E-state index contributed by atoms with van der Waals surface area (Å²) in [6.07, 6.45) is 1.23. The number of carbonyl (C=O) groups excluding carboxylic acids is 1. The number of carbonyl (C=O) groups is 1. The summed E-state index contributed by atoms with van der Waals surface area (Å²) in [5.41, 5.74) is 2.90. The zero-order valence-electron chi connectivity index (χ0n) is 16.7. The summed E-state index contributed by atoms with van der Waals surface area (Å²) in [6, 6.07) is 14.9. The van der Waals surface area contributed by atoms with Gasteiger partial charge in [0.2, 0.25) is 5.91 Å². The topological polar surface area (TPSA) is 41.6 Å². The number of nitrogens with zero attached hydrogens (tertiary/aromatic N) is 1. The van der Waals surface area contributed by atoms with Gasteiger partial charge in [0.05, 0.1) is 12.2 Å². The molecule has 2 aromatic rings. The number of halogens is 1. The van der Waals surface area contributed by atoms with Gasteiger partial charge >= 0.3 is 0 Å². The lowest BCUT2D eigenvalue weighted by Gasteiger charge is -2.35. The van der Waals surface area contributed by atoms with Crippen LogP contribution in [0.2, 0.25) is 0 Å². The van der Waals surface area contributed by atoms with Crippen LogP contribution in [0.3, 0.4) is 0 Å². The summed E-state index contributed by atoms with van der Waals surface area (Å²) >= 11 is 0. The van der Waals surface area contributed by atoms with Crippen molar-refractivity contribution in [2.24, 2.45) is 0 Å². The molecule has 1 amide bonds. The number of nitrogens with one attached hydrogen (secondary N) is 1. The van der Waals surface area contributed by atoms with Crippen molar-refractivity contribution >= 4 is 5.91 Å². The van der Waals surface area contributed by atoms with E-state index in [4.69, 9.17) is 4.74 Å². The highest BCUT2D eigenvalue weighted by atomic mass is 19.1. The number of ether oxygens (including phenoxy) is 1. The van der Waals surface area contributed by atoms with Crippen molar-refractivity contribution in [3.63, 3.8) is 0 Å². The molecule has 1 aliphatic rings. The number of aryl methyl sites for hydroxylation is 1. The van der Waals surface area contributed by atoms with Gasteiger partial charge in [0.25, 0.3) is 0 Å². The number of morpholine rings is 1. The number of hydrogen-bond donors (Lipinski definition) is 1. The van der Waals surface area contributed by atoms with E-state index in [1.54, 1.807) is 18.2 Å². The van der Waals surface area contributed by atoms with Crippen molar-refractivity contribution in [2.45, 2.75) is 52.0 Å². The molecule has 28 heavy (non-hydrogen) atoms. The molecule has 1 N–H and O–H groups in total. The molecule has 2 atom stereocenters. The third kappa shape index (κ3) is 6.14. The maximum atomic E-state index is 13.6. The molecule has 4 nitrogen and oxygen atoms in total. The maximum absolute atomic E-state index is 13.6. The Kier molecular flexibility index (Phi) is 7.18. The van der Waals surface area contributed by atoms with Gasteiger partial charge in [-0.25, -0.2) is 4.39 Å². The minimum absolute atomic E-state index is 0.0661. The average Bonchev–Trinajstić information content (AvgIpc) is 2.66. The molecule has 0 aromatic heterocycles. The molecule has 0 aliphatic carbocycles. The zero-order valence-corrected chi connectivity index (χ0v) is 16.7. The predicted molar refractivity (Wildman–Crippen MR) is 108 cm³/mol. The van der Waals surface area contributed by atoms with Crippen molar-refractivity contribution < 1.29 is 13.9 Å². The molecule has 1 fully saturated rings. The van der Waals surface area contributed by atoms with Crippen molar-refractivity contribution in [1.82, 2.24) is 10.2 Å². The number of benzene rings is 2. The molecule has 3 rings (SSSR count). The molecule has 0 radical (unpaired) electrons. The Labute approximate surface area is 166 Å². The van der Waals surface area contributed by atoms with Crippen LogP contribution in [0.15, 0.2) is 48.5 Å². The van der Waals surface area contributed by atoms with Crippen LogP contribution in [-0.4, -0.2) is 36.1 Å². The first-order valence-electron chi connectivity index (χ1n) is 9.95. The number of rotatable bonds is 7. The Morgan fingerprint density at radius 3 is 2.39 bits per heavy atom. The molecule has 0 unspecified atom stereocenters. The Morgan fingerprint density at radius 1 is 1.07 bits per heavy atom. The fourth-order valence-corrected chi connectivity index (χ4v) is 3.67. The van der Waals surface area contributed by atoms with Gasteiger partial charge in [-0.1, -0.05) is 42.5 Å². The fraction of sp³-hybridized carbons (Fsp3) is 0.435. The van der Waals surface area contributed by atoms with Gasteiger partial charge in [-0.15, -0.1) is 0 Å². The normalized spacial score (nSPS) is 20.1. The third-order valence-electron chi connectivity index (χ3n) is 4.99. The van der Waals surface area contributed by atoms with Crippen molar-refractivity contribution in [3.8, 4) is 0 Å². The highest BCUT2D eigenvalue weighted by Crippen LogP contribution is 2.15. The van der Waals surface area contributed by atoms with E-state index in [9.17, 15) is 9.18 Å². The molecule has 0 saturated carbocycles. The van der Waals surface area contributed by atoms with Crippen LogP contribution in [-0.2, 0) is 29.0 Å². The highest BCUT2D eigenvalue weighted by molar-refractivity contribution is 5.76. The maximum Gasteiger partial charge on any atom is 0.220 e. The van der Waals surface area contributed by atoms with E-state index in [2.05, 4.69) is 48.3 Å². The molecule has 0 spiro atoms. The molecular formula is C23H29FN2O2. The van der Waals surface area contributed by atoms with Gasteiger partial charge in [-0.2, -0.15) is 0 Å². The Balaban J connectivity index is 1.42. The summed E-state index contributed by atoms with van der Waals surface area (Å²) < 4.78 is 19.4. The van der Waals surface area contributed by atoms with E-state index in [1.807, 2.05) is 0 Å². The van der Waals surface area contributed by atoms with Crippen LogP contribution in [0.25, 0.3) is 0 Å². The Bertz CT molecular complexity index is 768. The van der Waals surface area contributed by atoms with Crippen molar-refractivity contribution in [3.05, 3.63) is 71.0 Å². The SMILES string of the molecule is C[C@H]1CN(Cc2ccc(CNC(=O)CCc3ccccc3F)cc2)C[C@H](C)O1. The van der Waals surface area contributed by atoms with E-state index in [0.29, 0.717) is 18.5 Å². The van der Waals surface area contributed by atoms with Gasteiger partial charge in [0.15, 0.2) is 0 Å². The number of hydrogen-bond acceptors (Lipinski definition) is 3. The van der Waals surface area contributed by atoms with E-state index >= 15 is 0 Å². The first kappa shape index (κ1) is 20.5. The predicted octanol–water partition coefficient (Wildman–Crippen LogP) is 3.68. The van der Waals surface area contributed by atoms with Crippen LogP contribution in [0, 0.1) is 5.82 Å². The quantitative estimate of drug-likeness (QED) is 0.792. The molecule has 1 saturated heterocycles. The number of amides is 1. The van der Waals surface area contributed by atoms with Gasteiger partial charge in [0, 0.05) is 32.6 Å². The fourth-order valence-electron chi connectivity index (χ4n) is 3.67. The summed E-state index contributed by atoms with van der Waals surface area (Å²) in [5.74, 6) is -0.321. The summed E-state index contributed by atoms with van der Waals surface area (Å²) in [7, 11) is 0. The van der Waals surface area contributed by atoms with Crippen LogP contribution in [0.5, 0.6) is 0 Å². The van der Waals surface area contributed by atoms with E-state index in [1.165, 1.54) is 11.6 Å².